The van der Waals surface area contributed by atoms with E-state index in [0.29, 0.717) is 17.1 Å². The third-order valence-electron chi connectivity index (χ3n) is 2.41. The van der Waals surface area contributed by atoms with Crippen molar-refractivity contribution in [3.05, 3.63) is 59.1 Å². The fraction of sp³-hybridized carbons (Fsp3) is 0.0667. The number of carbonyl (C=O) groups excluding carboxylic acids is 1. The summed E-state index contributed by atoms with van der Waals surface area (Å²) in [5.41, 5.74) is 1.62. The molecule has 0 aliphatic heterocycles. The van der Waals surface area contributed by atoms with Crippen LogP contribution in [0.15, 0.2) is 53.5 Å². The van der Waals surface area contributed by atoms with E-state index in [0.717, 1.165) is 11.3 Å². The Balaban J connectivity index is 2.17. The maximum absolute atomic E-state index is 10.3. The Kier molecular flexibility index (Phi) is 4.70. The Morgan fingerprint density at radius 3 is 2.58 bits per heavy atom. The highest BCUT2D eigenvalue weighted by atomic mass is 35.5. The molecule has 0 aromatic heterocycles. The minimum absolute atomic E-state index is 0.0335. The van der Waals surface area contributed by atoms with Crippen molar-refractivity contribution in [2.45, 2.75) is 0 Å². The quantitative estimate of drug-likeness (QED) is 0.616. The van der Waals surface area contributed by atoms with Gasteiger partial charge in [0.1, 0.15) is 12.4 Å². The lowest BCUT2D eigenvalue weighted by Gasteiger charge is -2.05. The fourth-order valence-electron chi connectivity index (χ4n) is 1.51. The number of nitrogens with zero attached hydrogens (tertiary/aromatic N) is 1. The molecule has 0 atom stereocenters. The van der Waals surface area contributed by atoms with Crippen molar-refractivity contribution >= 4 is 29.8 Å². The van der Waals surface area contributed by atoms with Crippen LogP contribution in [0, 0.1) is 0 Å². The number of para-hydroxylation sites is 1. The number of benzene rings is 2. The third kappa shape index (κ3) is 3.93. The summed E-state index contributed by atoms with van der Waals surface area (Å²) in [6.07, 6.45) is 2.41. The molecule has 0 aliphatic rings. The summed E-state index contributed by atoms with van der Waals surface area (Å²) in [4.78, 5) is 14.7. The first kappa shape index (κ1) is 13.3. The lowest BCUT2D eigenvalue weighted by atomic mass is 10.2. The predicted molar refractivity (Wildman–Crippen MR) is 76.7 cm³/mol. The summed E-state index contributed by atoms with van der Waals surface area (Å²) < 4.78 is 5.31. The van der Waals surface area contributed by atoms with E-state index >= 15 is 0 Å². The summed E-state index contributed by atoms with van der Waals surface area (Å²) in [5, 5.41) is 0.675. The molecule has 2 aromatic carbocycles. The van der Waals surface area contributed by atoms with Crippen LogP contribution in [0.25, 0.3) is 0 Å². The first-order valence-electron chi connectivity index (χ1n) is 5.74. The SMILES string of the molecule is O=CCOc1ccccc1C=Nc1ccc(Cl)cc1. The number of hydrogen-bond donors (Lipinski definition) is 0. The van der Waals surface area contributed by atoms with E-state index in [-0.39, 0.29) is 6.61 Å². The molecule has 0 unspecified atom stereocenters. The van der Waals surface area contributed by atoms with Gasteiger partial charge in [-0.2, -0.15) is 0 Å². The van der Waals surface area contributed by atoms with Gasteiger partial charge < -0.3 is 4.74 Å². The van der Waals surface area contributed by atoms with Crippen LogP contribution in [0.1, 0.15) is 5.56 Å². The van der Waals surface area contributed by atoms with E-state index in [9.17, 15) is 4.79 Å². The van der Waals surface area contributed by atoms with Crippen LogP contribution in [0.2, 0.25) is 5.02 Å². The molecule has 0 heterocycles. The average Bonchev–Trinajstić information content (AvgIpc) is 2.45. The number of aldehydes is 1. The average molecular weight is 274 g/mol. The van der Waals surface area contributed by atoms with E-state index in [1.54, 1.807) is 24.4 Å². The number of carbonyl (C=O) groups is 1. The van der Waals surface area contributed by atoms with Crippen molar-refractivity contribution in [3.8, 4) is 5.75 Å². The van der Waals surface area contributed by atoms with Crippen LogP contribution >= 0.6 is 11.6 Å². The van der Waals surface area contributed by atoms with Crippen molar-refractivity contribution in [3.63, 3.8) is 0 Å². The smallest absolute Gasteiger partial charge is 0.157 e. The number of aliphatic imine (C=N–C) groups is 1. The fourth-order valence-corrected chi connectivity index (χ4v) is 1.64. The van der Waals surface area contributed by atoms with Crippen molar-refractivity contribution < 1.29 is 9.53 Å². The third-order valence-corrected chi connectivity index (χ3v) is 2.66. The van der Waals surface area contributed by atoms with Crippen LogP contribution in [-0.2, 0) is 4.79 Å². The molecule has 0 saturated carbocycles. The number of halogens is 1. The van der Waals surface area contributed by atoms with Gasteiger partial charge in [-0.05, 0) is 36.4 Å². The van der Waals surface area contributed by atoms with Crippen molar-refractivity contribution in [1.82, 2.24) is 0 Å². The Bertz CT molecular complexity index is 579. The van der Waals surface area contributed by atoms with E-state index in [1.807, 2.05) is 30.3 Å². The topological polar surface area (TPSA) is 38.7 Å². The second-order valence-electron chi connectivity index (χ2n) is 3.75. The Labute approximate surface area is 116 Å². The molecule has 0 spiro atoms. The molecule has 2 aromatic rings. The Hall–Kier alpha value is -2.13. The molecule has 0 radical (unpaired) electrons. The number of ether oxygens (including phenoxy) is 1. The second-order valence-corrected chi connectivity index (χ2v) is 4.19. The monoisotopic (exact) mass is 273 g/mol. The standard InChI is InChI=1S/C15H12ClNO2/c16-13-5-7-14(8-6-13)17-11-12-3-1-2-4-15(12)19-10-9-18/h1-9,11H,10H2. The lowest BCUT2D eigenvalue weighted by Crippen LogP contribution is -2.00. The molecule has 4 heteroatoms. The minimum Gasteiger partial charge on any atom is -0.485 e. The second kappa shape index (κ2) is 6.71. The normalized spacial score (nSPS) is 10.6. The van der Waals surface area contributed by atoms with Gasteiger partial charge in [-0.3, -0.25) is 9.79 Å². The summed E-state index contributed by atoms with van der Waals surface area (Å²) in [7, 11) is 0. The highest BCUT2D eigenvalue weighted by molar-refractivity contribution is 6.30. The molecule has 0 saturated heterocycles. The summed E-state index contributed by atoms with van der Waals surface area (Å²) in [6, 6.07) is 14.6. The van der Waals surface area contributed by atoms with Crippen molar-refractivity contribution in [1.29, 1.82) is 0 Å². The molecule has 2 rings (SSSR count). The van der Waals surface area contributed by atoms with Gasteiger partial charge in [0.25, 0.3) is 0 Å². The van der Waals surface area contributed by atoms with Gasteiger partial charge in [0, 0.05) is 16.8 Å². The van der Waals surface area contributed by atoms with Gasteiger partial charge >= 0.3 is 0 Å². The van der Waals surface area contributed by atoms with Gasteiger partial charge in [0.15, 0.2) is 6.29 Å². The van der Waals surface area contributed by atoms with Crippen LogP contribution in [0.3, 0.4) is 0 Å². The first-order valence-corrected chi connectivity index (χ1v) is 6.12. The zero-order valence-electron chi connectivity index (χ0n) is 10.1. The van der Waals surface area contributed by atoms with Gasteiger partial charge in [-0.25, -0.2) is 0 Å². The predicted octanol–water partition coefficient (Wildman–Crippen LogP) is 3.67. The van der Waals surface area contributed by atoms with Crippen LogP contribution in [0.5, 0.6) is 5.75 Å². The molecule has 0 amide bonds. The number of hydrogen-bond acceptors (Lipinski definition) is 3. The van der Waals surface area contributed by atoms with E-state index in [1.165, 1.54) is 0 Å². The highest BCUT2D eigenvalue weighted by Gasteiger charge is 1.99. The molecule has 0 N–H and O–H groups in total. The van der Waals surface area contributed by atoms with Crippen LogP contribution < -0.4 is 4.74 Å². The van der Waals surface area contributed by atoms with Crippen LogP contribution in [0.4, 0.5) is 5.69 Å². The van der Waals surface area contributed by atoms with Gasteiger partial charge in [-0.1, -0.05) is 23.7 Å². The molecular weight excluding hydrogens is 262 g/mol. The highest BCUT2D eigenvalue weighted by Crippen LogP contribution is 2.19. The van der Waals surface area contributed by atoms with Gasteiger partial charge in [0.05, 0.1) is 5.69 Å². The maximum Gasteiger partial charge on any atom is 0.157 e. The van der Waals surface area contributed by atoms with E-state index in [2.05, 4.69) is 4.99 Å². The molecular formula is C15H12ClNO2. The Morgan fingerprint density at radius 1 is 1.11 bits per heavy atom. The first-order chi connectivity index (χ1) is 9.29. The van der Waals surface area contributed by atoms with Gasteiger partial charge in [0.2, 0.25) is 0 Å². The zero-order chi connectivity index (χ0) is 13.5. The van der Waals surface area contributed by atoms with Crippen LogP contribution in [-0.4, -0.2) is 19.1 Å². The Morgan fingerprint density at radius 2 is 1.84 bits per heavy atom. The summed E-state index contributed by atoms with van der Waals surface area (Å²) >= 11 is 5.81. The van der Waals surface area contributed by atoms with E-state index < -0.39 is 0 Å². The lowest BCUT2D eigenvalue weighted by molar-refractivity contribution is -0.109. The molecule has 96 valence electrons. The summed E-state index contributed by atoms with van der Waals surface area (Å²) in [6.45, 7) is 0.0335. The molecule has 19 heavy (non-hydrogen) atoms. The van der Waals surface area contributed by atoms with E-state index in [4.69, 9.17) is 16.3 Å². The molecule has 0 fully saturated rings. The molecule has 3 nitrogen and oxygen atoms in total. The maximum atomic E-state index is 10.3. The van der Waals surface area contributed by atoms with Gasteiger partial charge in [-0.15, -0.1) is 0 Å². The minimum atomic E-state index is 0.0335. The van der Waals surface area contributed by atoms with Crippen molar-refractivity contribution in [2.24, 2.45) is 4.99 Å². The zero-order valence-corrected chi connectivity index (χ0v) is 10.9. The summed E-state index contributed by atoms with van der Waals surface area (Å²) in [5.74, 6) is 0.632. The number of rotatable bonds is 5. The molecule has 0 aliphatic carbocycles. The largest absolute Gasteiger partial charge is 0.485 e. The van der Waals surface area contributed by atoms with Crippen molar-refractivity contribution in [2.75, 3.05) is 6.61 Å². The molecule has 0 bridgehead atoms.